The quantitative estimate of drug-likeness (QED) is 0.320. The fraction of sp³-hybridized carbons (Fsp3) is 0. The fourth-order valence-electron chi connectivity index (χ4n) is 1.38. The van der Waals surface area contributed by atoms with Crippen molar-refractivity contribution >= 4 is 87.1 Å². The highest BCUT2D eigenvalue weighted by Crippen LogP contribution is 2.46. The molecule has 2 aromatic carbocycles. The fourth-order valence-corrected chi connectivity index (χ4v) is 3.77. The summed E-state index contributed by atoms with van der Waals surface area (Å²) in [7, 11) is 0. The molecule has 0 fully saturated rings. The number of anilines is 1. The molecule has 2 N–H and O–H groups in total. The Bertz CT molecular complexity index is 688. The third-order valence-electron chi connectivity index (χ3n) is 2.34. The molecule has 0 heterocycles. The summed E-state index contributed by atoms with van der Waals surface area (Å²) in [5, 5.41) is 1.79. The third-order valence-corrected chi connectivity index (χ3v) is 6.04. The van der Waals surface area contributed by atoms with Gasteiger partial charge in [-0.25, -0.2) is 0 Å². The van der Waals surface area contributed by atoms with Crippen molar-refractivity contribution in [2.45, 2.75) is 9.79 Å². The van der Waals surface area contributed by atoms with Crippen LogP contribution in [0, 0.1) is 0 Å². The molecule has 0 saturated carbocycles. The number of benzene rings is 2. The number of hydrogen-bond donors (Lipinski definition) is 1. The second kappa shape index (κ2) is 6.62. The minimum absolute atomic E-state index is 0.196. The van der Waals surface area contributed by atoms with E-state index in [2.05, 4.69) is 0 Å². The van der Waals surface area contributed by atoms with Gasteiger partial charge in [-0.1, -0.05) is 81.4 Å². The maximum absolute atomic E-state index is 6.15. The minimum Gasteiger partial charge on any atom is -0.398 e. The van der Waals surface area contributed by atoms with Gasteiger partial charge in [-0.2, -0.15) is 0 Å². The molecule has 0 saturated heterocycles. The molecular weight excluding hydrogens is 403 g/mol. The van der Waals surface area contributed by atoms with Gasteiger partial charge in [0.15, 0.2) is 0 Å². The van der Waals surface area contributed by atoms with Crippen LogP contribution < -0.4 is 5.73 Å². The van der Waals surface area contributed by atoms with Crippen molar-refractivity contribution in [1.82, 2.24) is 0 Å². The molecule has 0 bridgehead atoms. The Morgan fingerprint density at radius 3 is 1.85 bits per heavy atom. The van der Waals surface area contributed by atoms with Crippen molar-refractivity contribution in [2.75, 3.05) is 5.73 Å². The van der Waals surface area contributed by atoms with E-state index in [4.69, 9.17) is 75.3 Å². The molecule has 0 atom stereocenters. The van der Waals surface area contributed by atoms with Crippen LogP contribution in [0.3, 0.4) is 0 Å². The van der Waals surface area contributed by atoms with Crippen LogP contribution in [0.25, 0.3) is 0 Å². The van der Waals surface area contributed by atoms with E-state index in [1.54, 1.807) is 18.2 Å². The Hall–Kier alpha value is 0.330. The third kappa shape index (κ3) is 3.38. The van der Waals surface area contributed by atoms with E-state index in [1.165, 1.54) is 11.8 Å². The largest absolute Gasteiger partial charge is 0.398 e. The summed E-state index contributed by atoms with van der Waals surface area (Å²) >= 11 is 37.2. The summed E-state index contributed by atoms with van der Waals surface area (Å²) in [6.07, 6.45) is 0. The molecule has 20 heavy (non-hydrogen) atoms. The van der Waals surface area contributed by atoms with Crippen LogP contribution in [0.4, 0.5) is 5.69 Å². The maximum atomic E-state index is 6.15. The Morgan fingerprint density at radius 2 is 1.20 bits per heavy atom. The molecule has 2 rings (SSSR count). The van der Waals surface area contributed by atoms with E-state index in [9.17, 15) is 0 Å². The van der Waals surface area contributed by atoms with Crippen LogP contribution in [0.5, 0.6) is 0 Å². The molecule has 0 aromatic heterocycles. The van der Waals surface area contributed by atoms with Gasteiger partial charge in [0.2, 0.25) is 0 Å². The zero-order valence-electron chi connectivity index (χ0n) is 9.49. The first-order valence-electron chi connectivity index (χ1n) is 5.06. The monoisotopic (exact) mass is 405 g/mol. The molecular formula is C12H5Cl6NS. The predicted octanol–water partition coefficient (Wildman–Crippen LogP) is 7.34. The molecule has 0 unspecified atom stereocenters. The molecule has 0 aliphatic rings. The van der Waals surface area contributed by atoms with Crippen LogP contribution in [-0.2, 0) is 0 Å². The molecule has 0 spiro atoms. The van der Waals surface area contributed by atoms with Crippen LogP contribution in [-0.4, -0.2) is 0 Å². The lowest BCUT2D eigenvalue weighted by molar-refractivity contribution is 1.41. The Morgan fingerprint density at radius 1 is 0.650 bits per heavy atom. The molecule has 106 valence electrons. The van der Waals surface area contributed by atoms with Crippen molar-refractivity contribution in [3.8, 4) is 0 Å². The lowest BCUT2D eigenvalue weighted by atomic mass is 10.3. The first-order valence-corrected chi connectivity index (χ1v) is 8.15. The molecule has 0 aliphatic carbocycles. The highest BCUT2D eigenvalue weighted by Gasteiger charge is 2.15. The smallest absolute Gasteiger partial charge is 0.0805 e. The van der Waals surface area contributed by atoms with E-state index in [1.807, 2.05) is 0 Å². The van der Waals surface area contributed by atoms with Gasteiger partial charge in [-0.15, -0.1) is 0 Å². The number of nitrogens with two attached hydrogens (primary N) is 1. The minimum atomic E-state index is 0.196. The van der Waals surface area contributed by atoms with Gasteiger partial charge >= 0.3 is 0 Å². The first kappa shape index (κ1) is 16.7. The molecule has 0 radical (unpaired) electrons. The van der Waals surface area contributed by atoms with Crippen LogP contribution in [0.15, 0.2) is 28.0 Å². The predicted molar refractivity (Wildman–Crippen MR) is 91.5 cm³/mol. The van der Waals surface area contributed by atoms with Gasteiger partial charge in [0, 0.05) is 15.5 Å². The van der Waals surface area contributed by atoms with E-state index in [0.29, 0.717) is 35.6 Å². The second-order valence-corrected chi connectivity index (χ2v) is 7.14. The number of hydrogen-bond acceptors (Lipinski definition) is 2. The Labute approximate surface area is 150 Å². The molecule has 8 heteroatoms. The number of nitrogen functional groups attached to an aromatic ring is 1. The lowest BCUT2D eigenvalue weighted by Crippen LogP contribution is -1.89. The first-order chi connectivity index (χ1) is 9.31. The summed E-state index contributed by atoms with van der Waals surface area (Å²) in [5.74, 6) is 0. The number of rotatable bonds is 2. The number of halogens is 6. The maximum Gasteiger partial charge on any atom is 0.0805 e. The van der Waals surface area contributed by atoms with Crippen molar-refractivity contribution < 1.29 is 0 Å². The average Bonchev–Trinajstić information content (AvgIpc) is 2.39. The highest BCUT2D eigenvalue weighted by atomic mass is 35.5. The van der Waals surface area contributed by atoms with Crippen molar-refractivity contribution in [1.29, 1.82) is 0 Å². The van der Waals surface area contributed by atoms with Gasteiger partial charge in [0.25, 0.3) is 0 Å². The highest BCUT2D eigenvalue weighted by molar-refractivity contribution is 7.99. The Kier molecular flexibility index (Phi) is 5.52. The van der Waals surface area contributed by atoms with Gasteiger partial charge < -0.3 is 5.73 Å². The van der Waals surface area contributed by atoms with E-state index in [0.717, 1.165) is 0 Å². The molecule has 0 aliphatic heterocycles. The van der Waals surface area contributed by atoms with E-state index in [-0.39, 0.29) is 10.0 Å². The normalized spacial score (nSPS) is 10.9. The van der Waals surface area contributed by atoms with E-state index < -0.39 is 0 Å². The summed E-state index contributed by atoms with van der Waals surface area (Å²) in [6, 6.07) is 4.83. The van der Waals surface area contributed by atoms with Crippen molar-refractivity contribution in [3.63, 3.8) is 0 Å². The summed E-state index contributed by atoms with van der Waals surface area (Å²) in [4.78, 5) is 1.31. The summed E-state index contributed by atoms with van der Waals surface area (Å²) in [6.45, 7) is 0. The molecule has 1 nitrogen and oxygen atoms in total. The molecule has 0 amide bonds. The van der Waals surface area contributed by atoms with Crippen molar-refractivity contribution in [2.24, 2.45) is 0 Å². The zero-order valence-corrected chi connectivity index (χ0v) is 14.8. The zero-order chi connectivity index (χ0) is 15.0. The summed E-state index contributed by atoms with van der Waals surface area (Å²) < 4.78 is 0. The van der Waals surface area contributed by atoms with Gasteiger partial charge in [-0.05, 0) is 18.2 Å². The van der Waals surface area contributed by atoms with E-state index >= 15 is 0 Å². The SMILES string of the molecule is Nc1cc(Cl)c(Cl)cc1Sc1cc(Cl)c(Cl)c(Cl)c1Cl. The standard InChI is InChI=1S/C12H5Cl6NS/c13-4-1-7(19)8(2-5(4)14)20-9-3-6(15)10(16)12(18)11(9)17/h1-3H,19H2. The Balaban J connectivity index is 2.48. The summed E-state index contributed by atoms with van der Waals surface area (Å²) in [5.41, 5.74) is 6.37. The van der Waals surface area contributed by atoms with Crippen LogP contribution in [0.1, 0.15) is 0 Å². The second-order valence-electron chi connectivity index (χ2n) is 3.70. The van der Waals surface area contributed by atoms with Crippen molar-refractivity contribution in [3.05, 3.63) is 48.3 Å². The topological polar surface area (TPSA) is 26.0 Å². The molecule has 2 aromatic rings. The average molecular weight is 408 g/mol. The van der Waals surface area contributed by atoms with Gasteiger partial charge in [-0.3, -0.25) is 0 Å². The lowest BCUT2D eigenvalue weighted by Gasteiger charge is -2.11. The van der Waals surface area contributed by atoms with Crippen LogP contribution >= 0.6 is 81.4 Å². The van der Waals surface area contributed by atoms with Gasteiger partial charge in [0.05, 0.1) is 30.1 Å². The van der Waals surface area contributed by atoms with Gasteiger partial charge in [0.1, 0.15) is 0 Å². The van der Waals surface area contributed by atoms with Crippen LogP contribution in [0.2, 0.25) is 30.1 Å².